The van der Waals surface area contributed by atoms with Gasteiger partial charge in [-0.3, -0.25) is 4.84 Å². The lowest BCUT2D eigenvalue weighted by Crippen LogP contribution is -2.06. The van der Waals surface area contributed by atoms with Crippen molar-refractivity contribution in [2.75, 3.05) is 7.11 Å². The highest BCUT2D eigenvalue weighted by molar-refractivity contribution is 5.35. The molecule has 0 amide bonds. The molecule has 0 aliphatic heterocycles. The molecule has 0 saturated carbocycles. The van der Waals surface area contributed by atoms with E-state index in [1.807, 2.05) is 32.0 Å². The molecule has 0 bridgehead atoms. The maximum Gasteiger partial charge on any atom is 0.119 e. The van der Waals surface area contributed by atoms with Crippen LogP contribution in [0.3, 0.4) is 0 Å². The van der Waals surface area contributed by atoms with E-state index < -0.39 is 0 Å². The molecule has 0 fully saturated rings. The second-order valence-electron chi connectivity index (χ2n) is 3.00. The molecular formula is C10H15NO2. The summed E-state index contributed by atoms with van der Waals surface area (Å²) in [6.07, 6.45) is -0.0779. The summed E-state index contributed by atoms with van der Waals surface area (Å²) in [6.45, 7) is 3.92. The molecule has 3 heteroatoms. The van der Waals surface area contributed by atoms with E-state index in [9.17, 15) is 0 Å². The van der Waals surface area contributed by atoms with E-state index in [0.717, 1.165) is 16.9 Å². The van der Waals surface area contributed by atoms with Crippen molar-refractivity contribution >= 4 is 0 Å². The van der Waals surface area contributed by atoms with Gasteiger partial charge in [0.2, 0.25) is 0 Å². The van der Waals surface area contributed by atoms with Gasteiger partial charge in [0.15, 0.2) is 0 Å². The van der Waals surface area contributed by atoms with E-state index >= 15 is 0 Å². The third-order valence-electron chi connectivity index (χ3n) is 2.12. The van der Waals surface area contributed by atoms with Gasteiger partial charge in [0.1, 0.15) is 11.9 Å². The zero-order valence-corrected chi connectivity index (χ0v) is 8.20. The SMILES string of the molecule is COc1ccc(C(C)ON)c(C)c1. The molecule has 0 heterocycles. The Bertz CT molecular complexity index is 286. The van der Waals surface area contributed by atoms with Crippen LogP contribution in [0.2, 0.25) is 0 Å². The fourth-order valence-electron chi connectivity index (χ4n) is 1.30. The second-order valence-corrected chi connectivity index (χ2v) is 3.00. The molecule has 3 nitrogen and oxygen atoms in total. The third-order valence-corrected chi connectivity index (χ3v) is 2.12. The van der Waals surface area contributed by atoms with Crippen LogP contribution in [0.25, 0.3) is 0 Å². The lowest BCUT2D eigenvalue weighted by Gasteiger charge is -2.12. The minimum atomic E-state index is -0.0779. The van der Waals surface area contributed by atoms with Crippen LogP contribution in [0, 0.1) is 6.92 Å². The van der Waals surface area contributed by atoms with Crippen molar-refractivity contribution in [1.29, 1.82) is 0 Å². The molecule has 1 aromatic rings. The lowest BCUT2D eigenvalue weighted by atomic mass is 10.0. The zero-order chi connectivity index (χ0) is 9.84. The Balaban J connectivity index is 2.98. The van der Waals surface area contributed by atoms with Crippen LogP contribution in [0.1, 0.15) is 24.2 Å². The Morgan fingerprint density at radius 3 is 2.54 bits per heavy atom. The van der Waals surface area contributed by atoms with Crippen LogP contribution in [0.4, 0.5) is 0 Å². The first-order valence-corrected chi connectivity index (χ1v) is 4.19. The van der Waals surface area contributed by atoms with Gasteiger partial charge in [-0.15, -0.1) is 0 Å². The number of hydrogen-bond donors (Lipinski definition) is 1. The quantitative estimate of drug-likeness (QED) is 0.725. The van der Waals surface area contributed by atoms with Crippen molar-refractivity contribution in [3.8, 4) is 5.75 Å². The molecule has 0 saturated heterocycles. The van der Waals surface area contributed by atoms with Crippen LogP contribution in [-0.4, -0.2) is 7.11 Å². The fraction of sp³-hybridized carbons (Fsp3) is 0.400. The van der Waals surface area contributed by atoms with E-state index in [1.54, 1.807) is 7.11 Å². The van der Waals surface area contributed by atoms with Gasteiger partial charge in [-0.25, -0.2) is 5.90 Å². The predicted octanol–water partition coefficient (Wildman–Crippen LogP) is 1.95. The van der Waals surface area contributed by atoms with Crippen molar-refractivity contribution in [2.24, 2.45) is 5.90 Å². The molecule has 1 aromatic carbocycles. The van der Waals surface area contributed by atoms with Crippen molar-refractivity contribution in [2.45, 2.75) is 20.0 Å². The molecule has 0 radical (unpaired) electrons. The summed E-state index contributed by atoms with van der Waals surface area (Å²) in [7, 11) is 1.65. The lowest BCUT2D eigenvalue weighted by molar-refractivity contribution is 0.0659. The van der Waals surface area contributed by atoms with Crippen LogP contribution in [0.5, 0.6) is 5.75 Å². The summed E-state index contributed by atoms with van der Waals surface area (Å²) >= 11 is 0. The molecule has 1 unspecified atom stereocenters. The maximum absolute atomic E-state index is 5.11. The van der Waals surface area contributed by atoms with E-state index in [1.165, 1.54) is 0 Å². The predicted molar refractivity (Wildman–Crippen MR) is 51.4 cm³/mol. The molecular weight excluding hydrogens is 166 g/mol. The van der Waals surface area contributed by atoms with Crippen LogP contribution < -0.4 is 10.6 Å². The highest BCUT2D eigenvalue weighted by Gasteiger charge is 2.07. The number of methoxy groups -OCH3 is 1. The van der Waals surface area contributed by atoms with Crippen molar-refractivity contribution in [3.63, 3.8) is 0 Å². The topological polar surface area (TPSA) is 44.5 Å². The largest absolute Gasteiger partial charge is 0.497 e. The molecule has 2 N–H and O–H groups in total. The summed E-state index contributed by atoms with van der Waals surface area (Å²) in [6, 6.07) is 5.83. The first-order valence-electron chi connectivity index (χ1n) is 4.19. The molecule has 1 atom stereocenters. The Hall–Kier alpha value is -1.06. The van der Waals surface area contributed by atoms with Crippen LogP contribution in [0.15, 0.2) is 18.2 Å². The van der Waals surface area contributed by atoms with E-state index in [-0.39, 0.29) is 6.10 Å². The van der Waals surface area contributed by atoms with Gasteiger partial charge in [0, 0.05) is 0 Å². The van der Waals surface area contributed by atoms with E-state index in [0.29, 0.717) is 0 Å². The van der Waals surface area contributed by atoms with E-state index in [4.69, 9.17) is 15.5 Å². The minimum absolute atomic E-state index is 0.0779. The van der Waals surface area contributed by atoms with Gasteiger partial charge in [-0.2, -0.15) is 0 Å². The molecule has 0 aromatic heterocycles. The first kappa shape index (κ1) is 10.0. The number of hydrogen-bond acceptors (Lipinski definition) is 3. The maximum atomic E-state index is 5.11. The van der Waals surface area contributed by atoms with Gasteiger partial charge in [-0.05, 0) is 37.1 Å². The highest BCUT2D eigenvalue weighted by atomic mass is 16.6. The number of aryl methyl sites for hydroxylation is 1. The van der Waals surface area contributed by atoms with Crippen molar-refractivity contribution in [1.82, 2.24) is 0 Å². The fourth-order valence-corrected chi connectivity index (χ4v) is 1.30. The second kappa shape index (κ2) is 4.25. The van der Waals surface area contributed by atoms with Crippen LogP contribution >= 0.6 is 0 Å². The third kappa shape index (κ3) is 2.20. The van der Waals surface area contributed by atoms with Crippen molar-refractivity contribution < 1.29 is 9.57 Å². The molecule has 0 aliphatic rings. The molecule has 0 aliphatic carbocycles. The van der Waals surface area contributed by atoms with Gasteiger partial charge < -0.3 is 4.74 Å². The molecule has 1 rings (SSSR count). The highest BCUT2D eigenvalue weighted by Crippen LogP contribution is 2.23. The van der Waals surface area contributed by atoms with Crippen molar-refractivity contribution in [3.05, 3.63) is 29.3 Å². The Morgan fingerprint density at radius 2 is 2.08 bits per heavy atom. The average Bonchev–Trinajstić information content (AvgIpc) is 2.16. The smallest absolute Gasteiger partial charge is 0.119 e. The summed E-state index contributed by atoms with van der Waals surface area (Å²) in [5, 5.41) is 0. The number of rotatable bonds is 3. The number of benzene rings is 1. The Morgan fingerprint density at radius 1 is 1.38 bits per heavy atom. The molecule has 13 heavy (non-hydrogen) atoms. The number of nitrogens with two attached hydrogens (primary N) is 1. The minimum Gasteiger partial charge on any atom is -0.497 e. The van der Waals surface area contributed by atoms with E-state index in [2.05, 4.69) is 0 Å². The van der Waals surface area contributed by atoms with Gasteiger partial charge in [-0.1, -0.05) is 6.07 Å². The standard InChI is InChI=1S/C10H15NO2/c1-7-6-9(12-3)4-5-10(7)8(2)13-11/h4-6,8H,11H2,1-3H3. The zero-order valence-electron chi connectivity index (χ0n) is 8.20. The molecule has 72 valence electrons. The average molecular weight is 181 g/mol. The Kier molecular flexibility index (Phi) is 3.28. The normalized spacial score (nSPS) is 12.6. The molecule has 0 spiro atoms. The summed E-state index contributed by atoms with van der Waals surface area (Å²) in [5.74, 6) is 5.96. The van der Waals surface area contributed by atoms with Gasteiger partial charge in [0.25, 0.3) is 0 Å². The van der Waals surface area contributed by atoms with Crippen LogP contribution in [-0.2, 0) is 4.84 Å². The monoisotopic (exact) mass is 181 g/mol. The summed E-state index contributed by atoms with van der Waals surface area (Å²) < 4.78 is 5.09. The summed E-state index contributed by atoms with van der Waals surface area (Å²) in [5.41, 5.74) is 2.21. The Labute approximate surface area is 78.4 Å². The van der Waals surface area contributed by atoms with Gasteiger partial charge in [0.05, 0.1) is 7.11 Å². The number of ether oxygens (including phenoxy) is 1. The summed E-state index contributed by atoms with van der Waals surface area (Å²) in [4.78, 5) is 4.75. The first-order chi connectivity index (χ1) is 6.19. The van der Waals surface area contributed by atoms with Gasteiger partial charge >= 0.3 is 0 Å².